The van der Waals surface area contributed by atoms with E-state index in [2.05, 4.69) is 439 Å². The van der Waals surface area contributed by atoms with Crippen molar-refractivity contribution in [3.63, 3.8) is 0 Å². The molecule has 0 unspecified atom stereocenters. The molecule has 0 amide bonds. The molecule has 1 saturated heterocycles. The molecule has 3 heterocycles. The summed E-state index contributed by atoms with van der Waals surface area (Å²) in [5.41, 5.74) is 22.8. The molecule has 0 aliphatic carbocycles. The minimum atomic E-state index is -0.364. The van der Waals surface area contributed by atoms with E-state index in [4.69, 9.17) is 19.3 Å². The predicted octanol–water partition coefficient (Wildman–Crippen LogP) is 28.4. The van der Waals surface area contributed by atoms with Crippen LogP contribution in [0.3, 0.4) is 0 Å². The molecule has 2 aromatic heterocycles. The number of rotatable bonds is 14. The molecule has 0 radical (unpaired) electrons. The molecule has 1 aliphatic heterocycles. The van der Waals surface area contributed by atoms with Crippen LogP contribution >= 0.6 is 15.9 Å². The molecule has 10 heteroatoms. The van der Waals surface area contributed by atoms with E-state index in [1.165, 1.54) is 60.6 Å². The van der Waals surface area contributed by atoms with Crippen LogP contribution in [0.4, 0.5) is 34.1 Å². The van der Waals surface area contributed by atoms with Gasteiger partial charge in [-0.1, -0.05) is 323 Å². The maximum atomic E-state index is 6.19. The predicted molar refractivity (Wildman–Crippen MR) is 486 cm³/mol. The molecule has 0 atom stereocenters. The molecule has 0 spiro atoms. The lowest BCUT2D eigenvalue weighted by Crippen LogP contribution is -2.41. The summed E-state index contributed by atoms with van der Waals surface area (Å²) in [6.07, 6.45) is 0. The quantitative estimate of drug-likeness (QED) is 0.101. The standard InChI is InChI=1S/C47H33N3.C28H20BrN.C25H25BN2O2.2C2H6/c1-3-14-40(15-4-1)49(45-21-11-13-38-12-7-8-18-43(38)45)42-32-30-37(31-33-42)35-24-22-34(23-25-35)36-26-28-39(29-27-36)47-48-44-19-9-10-20-46(44)50(47)41-16-5-2-6-17-41;29-24-17-13-21(14-18-24)22-15-19-26(20-16-22)30(25-9-2-1-3-10-25)28-12-6-8-23-7-4-5-11-27(23)28;1-24(2)25(3,4)30-26(29-24)19-16-14-18(15-17-19)23-27-21-12-8-9-13-22(21)28(23)20-10-6-5-7-11-20;2*1-2/h1-33H;1-20H;5-17H,1-4H3;2*1-2H3. The Morgan fingerprint density at radius 1 is 0.281 bits per heavy atom. The number of hydrogen-bond acceptors (Lipinski definition) is 6. The van der Waals surface area contributed by atoms with Gasteiger partial charge in [-0.15, -0.1) is 0 Å². The van der Waals surface area contributed by atoms with Crippen molar-refractivity contribution in [2.24, 2.45) is 0 Å². The second-order valence-corrected chi connectivity index (χ2v) is 29.4. The van der Waals surface area contributed by atoms with E-state index < -0.39 is 0 Å². The SMILES string of the molecule is Brc1ccc(-c2ccc(N(c3ccccc3)c3cccc4ccccc34)cc2)cc1.CC.CC.CC1(C)OB(c2ccc(-c3nc4ccccc4n3-c3ccccc3)cc2)OC1(C)C.c1ccc(N(c2ccc(-c3ccc(-c4ccc(-c5nc6ccccc6n5-c5ccccc5)cc4)cc3)cc2)c2cccc3ccccc23)cc1. The van der Waals surface area contributed by atoms with Crippen LogP contribution < -0.4 is 15.3 Å². The summed E-state index contributed by atoms with van der Waals surface area (Å²) in [6, 6.07) is 141. The van der Waals surface area contributed by atoms with Gasteiger partial charge >= 0.3 is 7.12 Å². The highest BCUT2D eigenvalue weighted by Gasteiger charge is 2.51. The van der Waals surface area contributed by atoms with Gasteiger partial charge in [-0.3, -0.25) is 9.13 Å². The zero-order valence-corrected chi connectivity index (χ0v) is 67.1. The fourth-order valence-electron chi connectivity index (χ4n) is 14.6. The van der Waals surface area contributed by atoms with Gasteiger partial charge in [0.25, 0.3) is 0 Å². The van der Waals surface area contributed by atoms with Crippen molar-refractivity contribution >= 4 is 106 Å². The van der Waals surface area contributed by atoms with E-state index in [-0.39, 0.29) is 18.3 Å². The van der Waals surface area contributed by atoms with Crippen molar-refractivity contribution in [2.45, 2.75) is 66.6 Å². The third kappa shape index (κ3) is 16.3. The number of hydrogen-bond donors (Lipinski definition) is 0. The Kier molecular flexibility index (Phi) is 23.3. The summed E-state index contributed by atoms with van der Waals surface area (Å²) in [6.45, 7) is 16.3. The first-order valence-corrected chi connectivity index (χ1v) is 40.1. The molecule has 1 aliphatic rings. The molecule has 16 aromatic carbocycles. The fraction of sp³-hybridized carbons (Fsp3) is 0.0962. The molecule has 0 N–H and O–H groups in total. The molecular weight excluding hydrogens is 1460 g/mol. The Morgan fingerprint density at radius 3 is 0.939 bits per heavy atom. The Balaban J connectivity index is 0.000000139. The van der Waals surface area contributed by atoms with Gasteiger partial charge < -0.3 is 19.1 Å². The summed E-state index contributed by atoms with van der Waals surface area (Å²) < 4.78 is 17.9. The van der Waals surface area contributed by atoms with Crippen molar-refractivity contribution in [1.29, 1.82) is 0 Å². The molecule has 19 rings (SSSR count). The highest BCUT2D eigenvalue weighted by atomic mass is 79.9. The van der Waals surface area contributed by atoms with Crippen LogP contribution in [0.2, 0.25) is 0 Å². The van der Waals surface area contributed by atoms with Crippen LogP contribution in [0.5, 0.6) is 0 Å². The van der Waals surface area contributed by atoms with Crippen LogP contribution in [0.25, 0.3) is 111 Å². The van der Waals surface area contributed by atoms with Gasteiger partial charge in [-0.05, 0) is 199 Å². The molecule has 18 aromatic rings. The second kappa shape index (κ2) is 34.8. The number of aromatic nitrogens is 4. The second-order valence-electron chi connectivity index (χ2n) is 28.5. The Bertz CT molecular complexity index is 6170. The van der Waals surface area contributed by atoms with Crippen LogP contribution in [-0.2, 0) is 9.31 Å². The molecule has 1 fully saturated rings. The topological polar surface area (TPSA) is 60.6 Å². The molecule has 0 saturated carbocycles. The van der Waals surface area contributed by atoms with Gasteiger partial charge in [0.2, 0.25) is 0 Å². The third-order valence-electron chi connectivity index (χ3n) is 21.0. The number of benzene rings is 16. The van der Waals surface area contributed by atoms with Crippen molar-refractivity contribution in [3.8, 4) is 67.5 Å². The summed E-state index contributed by atoms with van der Waals surface area (Å²) in [5.74, 6) is 1.86. The number of para-hydroxylation sites is 8. The summed E-state index contributed by atoms with van der Waals surface area (Å²) in [7, 11) is -0.364. The summed E-state index contributed by atoms with van der Waals surface area (Å²) >= 11 is 3.51. The monoisotopic (exact) mass is 1540 g/mol. The van der Waals surface area contributed by atoms with Crippen LogP contribution in [0.1, 0.15) is 55.4 Å². The minimum Gasteiger partial charge on any atom is -0.399 e. The zero-order chi connectivity index (χ0) is 78.6. The highest BCUT2D eigenvalue weighted by molar-refractivity contribution is 9.10. The largest absolute Gasteiger partial charge is 0.494 e. The third-order valence-corrected chi connectivity index (χ3v) is 21.5. The van der Waals surface area contributed by atoms with Crippen molar-refractivity contribution in [1.82, 2.24) is 19.1 Å². The van der Waals surface area contributed by atoms with E-state index in [9.17, 15) is 0 Å². The van der Waals surface area contributed by atoms with Crippen molar-refractivity contribution < 1.29 is 9.31 Å². The minimum absolute atomic E-state index is 0.350. The van der Waals surface area contributed by atoms with E-state index in [1.807, 2.05) is 52.0 Å². The Hall–Kier alpha value is -13.0. The van der Waals surface area contributed by atoms with Crippen molar-refractivity contribution in [2.75, 3.05) is 9.80 Å². The maximum absolute atomic E-state index is 6.19. The normalized spacial score (nSPS) is 12.5. The van der Waals surface area contributed by atoms with E-state index in [1.54, 1.807) is 0 Å². The lowest BCUT2D eigenvalue weighted by atomic mass is 9.79. The van der Waals surface area contributed by atoms with Gasteiger partial charge in [0.1, 0.15) is 11.6 Å². The first kappa shape index (κ1) is 76.4. The summed E-state index contributed by atoms with van der Waals surface area (Å²) in [5, 5.41) is 4.92. The first-order chi connectivity index (χ1) is 55.9. The lowest BCUT2D eigenvalue weighted by Gasteiger charge is -2.32. The van der Waals surface area contributed by atoms with E-state index in [0.717, 1.165) is 94.6 Å². The van der Waals surface area contributed by atoms with Gasteiger partial charge in [-0.25, -0.2) is 9.97 Å². The maximum Gasteiger partial charge on any atom is 0.494 e. The number of fused-ring (bicyclic) bond motifs is 4. The highest BCUT2D eigenvalue weighted by Crippen LogP contribution is 2.43. The van der Waals surface area contributed by atoms with Gasteiger partial charge in [-0.2, -0.15) is 0 Å². The van der Waals surface area contributed by atoms with Gasteiger partial charge in [0, 0.05) is 60.5 Å². The fourth-order valence-corrected chi connectivity index (χ4v) is 14.9. The van der Waals surface area contributed by atoms with Crippen LogP contribution in [-0.4, -0.2) is 37.4 Å². The molecule has 114 heavy (non-hydrogen) atoms. The Morgan fingerprint density at radius 2 is 0.561 bits per heavy atom. The number of anilines is 6. The lowest BCUT2D eigenvalue weighted by molar-refractivity contribution is 0.00578. The average molecular weight is 1550 g/mol. The Labute approximate surface area is 678 Å². The van der Waals surface area contributed by atoms with Crippen molar-refractivity contribution in [3.05, 3.63) is 405 Å². The molecule has 0 bridgehead atoms. The number of nitrogens with zero attached hydrogens (tertiary/aromatic N) is 6. The number of halogens is 1. The number of imidazole rings is 2. The van der Waals surface area contributed by atoms with Gasteiger partial charge in [0.15, 0.2) is 0 Å². The first-order valence-electron chi connectivity index (χ1n) is 39.3. The summed E-state index contributed by atoms with van der Waals surface area (Å²) in [4.78, 5) is 14.6. The van der Waals surface area contributed by atoms with Crippen LogP contribution in [0, 0.1) is 0 Å². The van der Waals surface area contributed by atoms with E-state index in [0.29, 0.717) is 0 Å². The van der Waals surface area contributed by atoms with Gasteiger partial charge in [0.05, 0.1) is 44.6 Å². The molecule has 8 nitrogen and oxygen atoms in total. The van der Waals surface area contributed by atoms with Crippen LogP contribution in [0.15, 0.2) is 405 Å². The molecule has 558 valence electrons. The smallest absolute Gasteiger partial charge is 0.399 e. The van der Waals surface area contributed by atoms with E-state index >= 15 is 0 Å². The zero-order valence-electron chi connectivity index (χ0n) is 65.6. The molecular formula is C104H90BBrN6O2. The average Bonchev–Trinajstić information content (AvgIpc) is 1.15.